The SMILES string of the molecule is Cc1cc(I)ccc1NC(=O)[C@H](N)Cc1ccc(O)cc1. The summed E-state index contributed by atoms with van der Waals surface area (Å²) in [6.45, 7) is 1.95. The Hall–Kier alpha value is -1.60. The summed E-state index contributed by atoms with van der Waals surface area (Å²) < 4.78 is 1.12. The van der Waals surface area contributed by atoms with Gasteiger partial charge in [-0.3, -0.25) is 4.79 Å². The van der Waals surface area contributed by atoms with Crippen molar-refractivity contribution in [2.75, 3.05) is 5.32 Å². The summed E-state index contributed by atoms with van der Waals surface area (Å²) in [6, 6.07) is 11.9. The molecule has 2 aromatic rings. The summed E-state index contributed by atoms with van der Waals surface area (Å²) in [5.41, 5.74) is 8.64. The number of aromatic hydroxyl groups is 1. The van der Waals surface area contributed by atoms with Crippen molar-refractivity contribution in [3.8, 4) is 5.75 Å². The molecule has 0 saturated heterocycles. The van der Waals surface area contributed by atoms with Crippen molar-refractivity contribution < 1.29 is 9.90 Å². The molecule has 5 heteroatoms. The average Bonchev–Trinajstić information content (AvgIpc) is 2.44. The van der Waals surface area contributed by atoms with Crippen LogP contribution in [0, 0.1) is 10.5 Å². The maximum absolute atomic E-state index is 12.1. The third kappa shape index (κ3) is 4.44. The lowest BCUT2D eigenvalue weighted by molar-refractivity contribution is -0.117. The summed E-state index contributed by atoms with van der Waals surface area (Å²) in [7, 11) is 0. The fourth-order valence-corrected chi connectivity index (χ4v) is 2.62. The largest absolute Gasteiger partial charge is 0.508 e. The fourth-order valence-electron chi connectivity index (χ4n) is 1.97. The van der Waals surface area contributed by atoms with Gasteiger partial charge >= 0.3 is 0 Å². The van der Waals surface area contributed by atoms with Crippen molar-refractivity contribution in [2.24, 2.45) is 5.73 Å². The van der Waals surface area contributed by atoms with Gasteiger partial charge in [-0.2, -0.15) is 0 Å². The number of phenolic OH excluding ortho intramolecular Hbond substituents is 1. The molecule has 21 heavy (non-hydrogen) atoms. The number of nitrogens with one attached hydrogen (secondary N) is 1. The zero-order valence-corrected chi connectivity index (χ0v) is 13.8. The number of hydrogen-bond acceptors (Lipinski definition) is 3. The van der Waals surface area contributed by atoms with Crippen molar-refractivity contribution in [1.29, 1.82) is 0 Å². The lowest BCUT2D eigenvalue weighted by Crippen LogP contribution is -2.37. The first-order valence-corrected chi connectivity index (χ1v) is 7.64. The van der Waals surface area contributed by atoms with Gasteiger partial charge in [0.05, 0.1) is 6.04 Å². The summed E-state index contributed by atoms with van der Waals surface area (Å²) in [6.07, 6.45) is 0.426. The predicted octanol–water partition coefficient (Wildman–Crippen LogP) is 2.81. The Kier molecular flexibility index (Phi) is 5.19. The van der Waals surface area contributed by atoms with Crippen LogP contribution in [0.3, 0.4) is 0 Å². The first-order chi connectivity index (χ1) is 9.95. The summed E-state index contributed by atoms with van der Waals surface area (Å²) in [5.74, 6) is -0.0151. The Labute approximate surface area is 137 Å². The molecule has 1 atom stereocenters. The minimum atomic E-state index is -0.631. The van der Waals surface area contributed by atoms with Crippen molar-refractivity contribution in [2.45, 2.75) is 19.4 Å². The standard InChI is InChI=1S/C16H17IN2O2/c1-10-8-12(17)4-7-15(10)19-16(21)14(18)9-11-2-5-13(20)6-3-11/h2-8,14,20H,9,18H2,1H3,(H,19,21)/t14-/m1/s1. The van der Waals surface area contributed by atoms with Gasteiger partial charge < -0.3 is 16.2 Å². The molecule has 0 bridgehead atoms. The van der Waals surface area contributed by atoms with Crippen LogP contribution in [-0.4, -0.2) is 17.1 Å². The zero-order chi connectivity index (χ0) is 15.4. The minimum absolute atomic E-state index is 0.200. The van der Waals surface area contributed by atoms with Gasteiger partial charge in [-0.15, -0.1) is 0 Å². The van der Waals surface area contributed by atoms with E-state index in [1.165, 1.54) is 0 Å². The van der Waals surface area contributed by atoms with E-state index >= 15 is 0 Å². The van der Waals surface area contributed by atoms with E-state index in [1.54, 1.807) is 24.3 Å². The number of carbonyl (C=O) groups excluding carboxylic acids is 1. The molecule has 110 valence electrons. The molecular formula is C16H17IN2O2. The second kappa shape index (κ2) is 6.91. The molecule has 0 saturated carbocycles. The number of rotatable bonds is 4. The van der Waals surface area contributed by atoms with Gasteiger partial charge in [-0.05, 0) is 77.4 Å². The Bertz CT molecular complexity index is 641. The van der Waals surface area contributed by atoms with Gasteiger partial charge in [-0.25, -0.2) is 0 Å². The second-order valence-corrected chi connectivity index (χ2v) is 6.17. The number of amides is 1. The smallest absolute Gasteiger partial charge is 0.241 e. The number of phenols is 1. The van der Waals surface area contributed by atoms with E-state index < -0.39 is 6.04 Å². The van der Waals surface area contributed by atoms with Gasteiger partial charge in [0.25, 0.3) is 0 Å². The van der Waals surface area contributed by atoms with Gasteiger partial charge in [0.15, 0.2) is 0 Å². The van der Waals surface area contributed by atoms with Crippen molar-refractivity contribution >= 4 is 34.2 Å². The van der Waals surface area contributed by atoms with E-state index in [-0.39, 0.29) is 11.7 Å². The molecule has 0 aliphatic carbocycles. The van der Waals surface area contributed by atoms with Crippen LogP contribution in [0.1, 0.15) is 11.1 Å². The highest BCUT2D eigenvalue weighted by atomic mass is 127. The van der Waals surface area contributed by atoms with E-state index in [0.29, 0.717) is 6.42 Å². The summed E-state index contributed by atoms with van der Waals surface area (Å²) in [5, 5.41) is 12.1. The number of carbonyl (C=O) groups is 1. The Balaban J connectivity index is 2.00. The maximum atomic E-state index is 12.1. The lowest BCUT2D eigenvalue weighted by atomic mass is 10.1. The number of aryl methyl sites for hydroxylation is 1. The molecule has 0 unspecified atom stereocenters. The Morgan fingerprint density at radius 3 is 2.57 bits per heavy atom. The van der Waals surface area contributed by atoms with Crippen LogP contribution in [0.25, 0.3) is 0 Å². The third-order valence-electron chi connectivity index (χ3n) is 3.18. The molecule has 0 spiro atoms. The molecule has 1 amide bonds. The number of benzene rings is 2. The lowest BCUT2D eigenvalue weighted by Gasteiger charge is -2.14. The molecule has 0 aromatic heterocycles. The van der Waals surface area contributed by atoms with Crippen molar-refractivity contribution in [1.82, 2.24) is 0 Å². The molecular weight excluding hydrogens is 379 g/mol. The number of nitrogens with two attached hydrogens (primary N) is 1. The van der Waals surface area contributed by atoms with Crippen LogP contribution < -0.4 is 11.1 Å². The van der Waals surface area contributed by atoms with E-state index in [9.17, 15) is 9.90 Å². The highest BCUT2D eigenvalue weighted by Gasteiger charge is 2.15. The van der Waals surface area contributed by atoms with Gasteiger partial charge in [0.2, 0.25) is 5.91 Å². The highest BCUT2D eigenvalue weighted by Crippen LogP contribution is 2.18. The summed E-state index contributed by atoms with van der Waals surface area (Å²) in [4.78, 5) is 12.1. The number of hydrogen-bond donors (Lipinski definition) is 3. The molecule has 4 N–H and O–H groups in total. The average molecular weight is 396 g/mol. The highest BCUT2D eigenvalue weighted by molar-refractivity contribution is 14.1. The maximum Gasteiger partial charge on any atom is 0.241 e. The molecule has 2 rings (SSSR count). The van der Waals surface area contributed by atoms with Gasteiger partial charge in [0, 0.05) is 9.26 Å². The summed E-state index contributed by atoms with van der Waals surface area (Å²) >= 11 is 2.23. The molecule has 0 radical (unpaired) electrons. The van der Waals surface area contributed by atoms with Crippen molar-refractivity contribution in [3.05, 3.63) is 57.2 Å². The van der Waals surface area contributed by atoms with Crippen LogP contribution in [0.4, 0.5) is 5.69 Å². The third-order valence-corrected chi connectivity index (χ3v) is 3.85. The topological polar surface area (TPSA) is 75.4 Å². The molecule has 0 heterocycles. The predicted molar refractivity (Wildman–Crippen MR) is 92.3 cm³/mol. The quantitative estimate of drug-likeness (QED) is 0.696. The number of anilines is 1. The van der Waals surface area contributed by atoms with Crippen LogP contribution in [0.15, 0.2) is 42.5 Å². The minimum Gasteiger partial charge on any atom is -0.508 e. The van der Waals surface area contributed by atoms with Gasteiger partial charge in [-0.1, -0.05) is 12.1 Å². The molecule has 2 aromatic carbocycles. The van der Waals surface area contributed by atoms with E-state index in [2.05, 4.69) is 27.9 Å². The van der Waals surface area contributed by atoms with E-state index in [0.717, 1.165) is 20.4 Å². The Morgan fingerprint density at radius 1 is 1.29 bits per heavy atom. The van der Waals surface area contributed by atoms with Crippen molar-refractivity contribution in [3.63, 3.8) is 0 Å². The second-order valence-electron chi connectivity index (χ2n) is 4.93. The Morgan fingerprint density at radius 2 is 1.95 bits per heavy atom. The van der Waals surface area contributed by atoms with E-state index in [4.69, 9.17) is 5.73 Å². The first kappa shape index (κ1) is 15.8. The monoisotopic (exact) mass is 396 g/mol. The first-order valence-electron chi connectivity index (χ1n) is 6.56. The van der Waals surface area contributed by atoms with Crippen LogP contribution >= 0.6 is 22.6 Å². The normalized spacial score (nSPS) is 12.0. The number of halogens is 1. The van der Waals surface area contributed by atoms with Crippen LogP contribution in [0.2, 0.25) is 0 Å². The van der Waals surface area contributed by atoms with E-state index in [1.807, 2.05) is 25.1 Å². The molecule has 0 aliphatic rings. The van der Waals surface area contributed by atoms with Gasteiger partial charge in [0.1, 0.15) is 5.75 Å². The molecule has 4 nitrogen and oxygen atoms in total. The fraction of sp³-hybridized carbons (Fsp3) is 0.188. The van der Waals surface area contributed by atoms with Crippen LogP contribution in [0.5, 0.6) is 5.75 Å². The van der Waals surface area contributed by atoms with Crippen LogP contribution in [-0.2, 0) is 11.2 Å². The molecule has 0 aliphatic heterocycles. The molecule has 0 fully saturated rings. The zero-order valence-electron chi connectivity index (χ0n) is 11.6.